The molecular formula is C18H27F3N2. The van der Waals surface area contributed by atoms with Crippen molar-refractivity contribution in [1.29, 1.82) is 0 Å². The first-order valence-electron chi connectivity index (χ1n) is 8.39. The van der Waals surface area contributed by atoms with Crippen molar-refractivity contribution in [2.45, 2.75) is 45.8 Å². The molecule has 0 aliphatic carbocycles. The molecule has 0 bridgehead atoms. The van der Waals surface area contributed by atoms with Crippen LogP contribution >= 0.6 is 0 Å². The van der Waals surface area contributed by atoms with Gasteiger partial charge in [0.05, 0.1) is 6.54 Å². The van der Waals surface area contributed by atoms with Crippen molar-refractivity contribution in [3.8, 4) is 0 Å². The van der Waals surface area contributed by atoms with Gasteiger partial charge in [-0.2, -0.15) is 13.2 Å². The van der Waals surface area contributed by atoms with Crippen molar-refractivity contribution < 1.29 is 13.2 Å². The first-order chi connectivity index (χ1) is 10.8. The van der Waals surface area contributed by atoms with Gasteiger partial charge in [0.2, 0.25) is 0 Å². The predicted molar refractivity (Wildman–Crippen MR) is 87.5 cm³/mol. The molecule has 1 aliphatic heterocycles. The molecule has 2 rings (SSSR count). The highest BCUT2D eigenvalue weighted by molar-refractivity contribution is 5.29. The molecule has 1 N–H and O–H groups in total. The van der Waals surface area contributed by atoms with Crippen molar-refractivity contribution in [3.63, 3.8) is 0 Å². The fourth-order valence-electron chi connectivity index (χ4n) is 3.23. The summed E-state index contributed by atoms with van der Waals surface area (Å²) < 4.78 is 36.3. The lowest BCUT2D eigenvalue weighted by Gasteiger charge is -2.33. The Morgan fingerprint density at radius 1 is 1.22 bits per heavy atom. The molecule has 5 heteroatoms. The maximum Gasteiger partial charge on any atom is 0.401 e. The molecule has 130 valence electrons. The molecule has 0 spiro atoms. The topological polar surface area (TPSA) is 15.3 Å². The number of nitrogens with zero attached hydrogens (tertiary/aromatic N) is 1. The Morgan fingerprint density at radius 3 is 2.70 bits per heavy atom. The van der Waals surface area contributed by atoms with Crippen LogP contribution in [-0.4, -0.2) is 37.3 Å². The van der Waals surface area contributed by atoms with Gasteiger partial charge in [0.25, 0.3) is 0 Å². The smallest absolute Gasteiger partial charge is 0.309 e. The molecule has 1 saturated heterocycles. The minimum atomic E-state index is -4.11. The lowest BCUT2D eigenvalue weighted by atomic mass is 9.94. The average Bonchev–Trinajstić information content (AvgIpc) is 2.47. The molecule has 1 aliphatic rings. The van der Waals surface area contributed by atoms with Gasteiger partial charge < -0.3 is 5.32 Å². The van der Waals surface area contributed by atoms with E-state index in [0.717, 1.165) is 38.9 Å². The number of piperidine rings is 1. The Kier molecular flexibility index (Phi) is 6.48. The largest absolute Gasteiger partial charge is 0.401 e. The van der Waals surface area contributed by atoms with Gasteiger partial charge in [0, 0.05) is 13.1 Å². The van der Waals surface area contributed by atoms with Gasteiger partial charge in [-0.3, -0.25) is 4.90 Å². The molecule has 0 aromatic heterocycles. The van der Waals surface area contributed by atoms with Crippen molar-refractivity contribution in [2.24, 2.45) is 5.92 Å². The van der Waals surface area contributed by atoms with E-state index in [9.17, 15) is 13.2 Å². The predicted octanol–water partition coefficient (Wildman–Crippen LogP) is 4.06. The summed E-state index contributed by atoms with van der Waals surface area (Å²) in [4.78, 5) is 2.43. The molecule has 0 saturated carbocycles. The first kappa shape index (κ1) is 18.3. The van der Waals surface area contributed by atoms with Gasteiger partial charge in [-0.15, -0.1) is 0 Å². The quantitative estimate of drug-likeness (QED) is 0.792. The Labute approximate surface area is 137 Å². The second-order valence-corrected chi connectivity index (χ2v) is 6.74. The standard InChI is InChI=1S/C18H27F3N2/c1-14-5-6-17(10-15(14)2)12-23-9-3-4-16(11-23)7-8-22-13-18(19,20)21/h5-6,10,16,22H,3-4,7-9,11-13H2,1-2H3. The van der Waals surface area contributed by atoms with Crippen LogP contribution in [0.15, 0.2) is 18.2 Å². The summed E-state index contributed by atoms with van der Waals surface area (Å²) in [5, 5.41) is 2.51. The minimum Gasteiger partial charge on any atom is -0.309 e. The van der Waals surface area contributed by atoms with Crippen LogP contribution in [-0.2, 0) is 6.54 Å². The summed E-state index contributed by atoms with van der Waals surface area (Å²) in [5.74, 6) is 0.496. The van der Waals surface area contributed by atoms with E-state index in [4.69, 9.17) is 0 Å². The minimum absolute atomic E-state index is 0.446. The Balaban J connectivity index is 1.75. The highest BCUT2D eigenvalue weighted by Crippen LogP contribution is 2.22. The third kappa shape index (κ3) is 6.51. The lowest BCUT2D eigenvalue weighted by Crippen LogP contribution is -2.37. The summed E-state index contributed by atoms with van der Waals surface area (Å²) in [5.41, 5.74) is 3.94. The van der Waals surface area contributed by atoms with Crippen LogP contribution in [0.2, 0.25) is 0 Å². The first-order valence-corrected chi connectivity index (χ1v) is 8.39. The molecule has 1 atom stereocenters. The molecule has 0 amide bonds. The maximum absolute atomic E-state index is 12.1. The van der Waals surface area contributed by atoms with E-state index in [0.29, 0.717) is 12.5 Å². The third-order valence-electron chi connectivity index (χ3n) is 4.64. The van der Waals surface area contributed by atoms with E-state index < -0.39 is 12.7 Å². The number of aryl methyl sites for hydroxylation is 2. The van der Waals surface area contributed by atoms with Crippen molar-refractivity contribution in [2.75, 3.05) is 26.2 Å². The molecule has 1 fully saturated rings. The second-order valence-electron chi connectivity index (χ2n) is 6.74. The van der Waals surface area contributed by atoms with Crippen LogP contribution in [0.25, 0.3) is 0 Å². The number of nitrogens with one attached hydrogen (secondary N) is 1. The number of benzene rings is 1. The third-order valence-corrected chi connectivity index (χ3v) is 4.64. The van der Waals surface area contributed by atoms with Gasteiger partial charge in [-0.25, -0.2) is 0 Å². The average molecular weight is 328 g/mol. The van der Waals surface area contributed by atoms with E-state index in [-0.39, 0.29) is 0 Å². The molecule has 1 unspecified atom stereocenters. The van der Waals surface area contributed by atoms with E-state index >= 15 is 0 Å². The number of rotatable bonds is 6. The summed E-state index contributed by atoms with van der Waals surface area (Å²) in [6.07, 6.45) is -1.03. The Morgan fingerprint density at radius 2 is 2.00 bits per heavy atom. The van der Waals surface area contributed by atoms with Crippen LogP contribution in [0.4, 0.5) is 13.2 Å². The zero-order chi connectivity index (χ0) is 16.9. The van der Waals surface area contributed by atoms with Crippen LogP contribution in [0, 0.1) is 19.8 Å². The number of halogens is 3. The van der Waals surface area contributed by atoms with Crippen LogP contribution in [0.1, 0.15) is 36.0 Å². The lowest BCUT2D eigenvalue weighted by molar-refractivity contribution is -0.124. The van der Waals surface area contributed by atoms with E-state index in [2.05, 4.69) is 42.3 Å². The van der Waals surface area contributed by atoms with E-state index in [1.165, 1.54) is 16.7 Å². The summed E-state index contributed by atoms with van der Waals surface area (Å²) >= 11 is 0. The Bertz CT molecular complexity index is 500. The van der Waals surface area contributed by atoms with Crippen LogP contribution in [0.3, 0.4) is 0 Å². The maximum atomic E-state index is 12.1. The van der Waals surface area contributed by atoms with Gasteiger partial charge >= 0.3 is 6.18 Å². The summed E-state index contributed by atoms with van der Waals surface area (Å²) in [6.45, 7) is 6.81. The van der Waals surface area contributed by atoms with Gasteiger partial charge in [-0.05, 0) is 68.8 Å². The molecular weight excluding hydrogens is 301 g/mol. The SMILES string of the molecule is Cc1ccc(CN2CCCC(CCNCC(F)(F)F)C2)cc1C. The van der Waals surface area contributed by atoms with Crippen molar-refractivity contribution in [1.82, 2.24) is 10.2 Å². The van der Waals surface area contributed by atoms with Crippen molar-refractivity contribution in [3.05, 3.63) is 34.9 Å². The highest BCUT2D eigenvalue weighted by atomic mass is 19.4. The van der Waals surface area contributed by atoms with Crippen molar-refractivity contribution >= 4 is 0 Å². The summed E-state index contributed by atoms with van der Waals surface area (Å²) in [6, 6.07) is 6.58. The van der Waals surface area contributed by atoms with Crippen LogP contribution in [0.5, 0.6) is 0 Å². The monoisotopic (exact) mass is 328 g/mol. The highest BCUT2D eigenvalue weighted by Gasteiger charge is 2.26. The zero-order valence-corrected chi connectivity index (χ0v) is 14.0. The van der Waals surface area contributed by atoms with Crippen LogP contribution < -0.4 is 5.32 Å². The number of alkyl halides is 3. The molecule has 1 aromatic rings. The Hall–Kier alpha value is -1.07. The van der Waals surface area contributed by atoms with Gasteiger partial charge in [0.15, 0.2) is 0 Å². The molecule has 2 nitrogen and oxygen atoms in total. The fraction of sp³-hybridized carbons (Fsp3) is 0.667. The molecule has 0 radical (unpaired) electrons. The molecule has 1 aromatic carbocycles. The van der Waals surface area contributed by atoms with Gasteiger partial charge in [0.1, 0.15) is 0 Å². The van der Waals surface area contributed by atoms with Gasteiger partial charge in [-0.1, -0.05) is 18.2 Å². The second kappa shape index (κ2) is 8.15. The fourth-order valence-corrected chi connectivity index (χ4v) is 3.23. The number of hydrogen-bond acceptors (Lipinski definition) is 2. The number of hydrogen-bond donors (Lipinski definition) is 1. The summed E-state index contributed by atoms with van der Waals surface area (Å²) in [7, 11) is 0. The molecule has 1 heterocycles. The number of likely N-dealkylation sites (tertiary alicyclic amines) is 1. The van der Waals surface area contributed by atoms with E-state index in [1.54, 1.807) is 0 Å². The zero-order valence-electron chi connectivity index (χ0n) is 14.0. The normalized spacial score (nSPS) is 20.0. The van der Waals surface area contributed by atoms with E-state index in [1.807, 2.05) is 0 Å². The molecule has 23 heavy (non-hydrogen) atoms.